The molecule has 164 valence electrons. The number of nitrogens with one attached hydrogen (secondary N) is 1. The molecular formula is C21H21N7O3S. The number of benzene rings is 1. The Morgan fingerprint density at radius 2 is 2.00 bits per heavy atom. The monoisotopic (exact) mass is 451 g/mol. The van der Waals surface area contributed by atoms with Crippen molar-refractivity contribution in [2.75, 3.05) is 19.3 Å². The fourth-order valence-corrected chi connectivity index (χ4v) is 5.15. The maximum Gasteiger partial charge on any atom is 0.211 e. The van der Waals surface area contributed by atoms with Crippen molar-refractivity contribution < 1.29 is 13.2 Å². The first-order valence-electron chi connectivity index (χ1n) is 10.0. The minimum atomic E-state index is -3.34. The van der Waals surface area contributed by atoms with Crippen LogP contribution in [0.3, 0.4) is 0 Å². The highest BCUT2D eigenvalue weighted by atomic mass is 32.2. The van der Waals surface area contributed by atoms with E-state index in [-0.39, 0.29) is 25.3 Å². The molecule has 5 rings (SSSR count). The fourth-order valence-electron chi connectivity index (χ4n) is 4.20. The molecule has 0 aliphatic carbocycles. The second-order valence-electron chi connectivity index (χ2n) is 8.21. The molecule has 1 aliphatic heterocycles. The Morgan fingerprint density at radius 3 is 2.69 bits per heavy atom. The van der Waals surface area contributed by atoms with Gasteiger partial charge in [0.1, 0.15) is 12.1 Å². The predicted octanol–water partition coefficient (Wildman–Crippen LogP) is 1.83. The molecule has 1 N–H and O–H groups in total. The molecule has 4 aromatic rings. The molecule has 32 heavy (non-hydrogen) atoms. The molecule has 1 aromatic carbocycles. The van der Waals surface area contributed by atoms with Gasteiger partial charge in [-0.2, -0.15) is 14.5 Å². The summed E-state index contributed by atoms with van der Waals surface area (Å²) >= 11 is 0. The van der Waals surface area contributed by atoms with Gasteiger partial charge in [-0.05, 0) is 31.2 Å². The maximum atomic E-state index is 12.0. The van der Waals surface area contributed by atoms with Crippen LogP contribution in [0.15, 0.2) is 49.1 Å². The Balaban J connectivity index is 1.59. The van der Waals surface area contributed by atoms with Crippen molar-refractivity contribution in [1.82, 2.24) is 34.3 Å². The van der Waals surface area contributed by atoms with Crippen LogP contribution in [0.5, 0.6) is 0 Å². The molecule has 0 unspecified atom stereocenters. The number of nitrogens with zero attached hydrogens (tertiary/aromatic N) is 6. The van der Waals surface area contributed by atoms with Crippen LogP contribution in [0, 0.1) is 0 Å². The Morgan fingerprint density at radius 1 is 1.19 bits per heavy atom. The molecule has 0 atom stereocenters. The van der Waals surface area contributed by atoms with Gasteiger partial charge < -0.3 is 0 Å². The Bertz CT molecular complexity index is 1420. The van der Waals surface area contributed by atoms with Crippen LogP contribution in [0.4, 0.5) is 0 Å². The van der Waals surface area contributed by atoms with E-state index >= 15 is 0 Å². The van der Waals surface area contributed by atoms with Crippen LogP contribution < -0.4 is 0 Å². The zero-order chi connectivity index (χ0) is 22.5. The lowest BCUT2D eigenvalue weighted by molar-refractivity contribution is -0.121. The first-order chi connectivity index (χ1) is 15.2. The average Bonchev–Trinajstić information content (AvgIpc) is 3.41. The van der Waals surface area contributed by atoms with E-state index in [0.717, 1.165) is 34.0 Å². The summed E-state index contributed by atoms with van der Waals surface area (Å²) in [7, 11) is -3.34. The Hall–Kier alpha value is -3.44. The summed E-state index contributed by atoms with van der Waals surface area (Å²) in [6.07, 6.45) is 6.32. The van der Waals surface area contributed by atoms with Gasteiger partial charge in [-0.25, -0.2) is 18.1 Å². The second kappa shape index (κ2) is 7.31. The van der Waals surface area contributed by atoms with Crippen molar-refractivity contribution in [2.24, 2.45) is 0 Å². The van der Waals surface area contributed by atoms with Crippen LogP contribution in [-0.2, 0) is 20.4 Å². The average molecular weight is 452 g/mol. The summed E-state index contributed by atoms with van der Waals surface area (Å²) in [6, 6.07) is 9.62. The van der Waals surface area contributed by atoms with Gasteiger partial charge in [-0.15, -0.1) is 0 Å². The van der Waals surface area contributed by atoms with Crippen LogP contribution >= 0.6 is 0 Å². The zero-order valence-corrected chi connectivity index (χ0v) is 18.4. The number of rotatable bonds is 6. The summed E-state index contributed by atoms with van der Waals surface area (Å²) in [5.41, 5.74) is 2.57. The second-order valence-corrected chi connectivity index (χ2v) is 10.2. The van der Waals surface area contributed by atoms with Crippen LogP contribution in [0.25, 0.3) is 33.5 Å². The van der Waals surface area contributed by atoms with E-state index in [2.05, 4.69) is 20.2 Å². The van der Waals surface area contributed by atoms with Gasteiger partial charge in [0, 0.05) is 48.4 Å². The third-order valence-electron chi connectivity index (χ3n) is 5.74. The third kappa shape index (κ3) is 3.49. The molecule has 1 saturated heterocycles. The zero-order valence-electron chi connectivity index (χ0n) is 17.6. The summed E-state index contributed by atoms with van der Waals surface area (Å²) < 4.78 is 26.8. The molecule has 3 aromatic heterocycles. The highest BCUT2D eigenvalue weighted by Gasteiger charge is 2.50. The Labute approximate surface area is 184 Å². The minimum absolute atomic E-state index is 0.0360. The number of carbonyl (C=O) groups is 1. The quantitative estimate of drug-likeness (QED) is 0.474. The van der Waals surface area contributed by atoms with Gasteiger partial charge in [-0.1, -0.05) is 6.07 Å². The molecule has 0 saturated carbocycles. The van der Waals surface area contributed by atoms with Crippen LogP contribution in [-0.4, -0.2) is 67.8 Å². The number of H-pyrrole nitrogens is 1. The molecule has 4 heterocycles. The molecule has 0 spiro atoms. The SMILES string of the molecule is CC(=O)CC1(n2cnc(-c3cc(-c4ccn[nH]4)cc4ncccc34)n2)CN(S(C)(=O)=O)C1. The Kier molecular flexibility index (Phi) is 4.68. The third-order valence-corrected chi connectivity index (χ3v) is 6.94. The molecule has 0 radical (unpaired) electrons. The van der Waals surface area contributed by atoms with Gasteiger partial charge in [0.15, 0.2) is 5.82 Å². The van der Waals surface area contributed by atoms with E-state index < -0.39 is 15.6 Å². The van der Waals surface area contributed by atoms with Gasteiger partial charge in [0.25, 0.3) is 0 Å². The number of aromatic amines is 1. The summed E-state index contributed by atoms with van der Waals surface area (Å²) in [5.74, 6) is 0.441. The topological polar surface area (TPSA) is 127 Å². The molecule has 10 nitrogen and oxygen atoms in total. The van der Waals surface area contributed by atoms with Gasteiger partial charge >= 0.3 is 0 Å². The number of ketones is 1. The number of hydrogen-bond acceptors (Lipinski definition) is 7. The lowest BCUT2D eigenvalue weighted by Gasteiger charge is -2.47. The van der Waals surface area contributed by atoms with Crippen molar-refractivity contribution in [2.45, 2.75) is 18.9 Å². The van der Waals surface area contributed by atoms with Crippen molar-refractivity contribution >= 4 is 26.7 Å². The molecule has 1 aliphatic rings. The number of Topliss-reactive ketones (excluding diaryl/α,β-unsaturated/α-hetero) is 1. The van der Waals surface area contributed by atoms with Crippen molar-refractivity contribution in [3.05, 3.63) is 49.1 Å². The number of pyridine rings is 1. The van der Waals surface area contributed by atoms with Crippen LogP contribution in [0.1, 0.15) is 13.3 Å². The standard InChI is InChI=1S/C21H21N7O3S/c1-14(29)10-21(11-27(12-21)32(2,30)31)28-13-23-20(26-28)17-8-15(18-5-7-24-25-18)9-19-16(17)4-3-6-22-19/h3-9,13H,10-12H2,1-2H3,(H,24,25). The van der Waals surface area contributed by atoms with Crippen molar-refractivity contribution in [3.8, 4) is 22.6 Å². The predicted molar refractivity (Wildman–Crippen MR) is 118 cm³/mol. The molecule has 0 bridgehead atoms. The normalized spacial score (nSPS) is 16.2. The molecule has 1 fully saturated rings. The van der Waals surface area contributed by atoms with E-state index in [1.165, 1.54) is 11.2 Å². The molecular weight excluding hydrogens is 430 g/mol. The molecule has 0 amide bonds. The van der Waals surface area contributed by atoms with E-state index in [1.54, 1.807) is 23.4 Å². The smallest absolute Gasteiger partial charge is 0.211 e. The fraction of sp³-hybridized carbons (Fsp3) is 0.286. The summed E-state index contributed by atoms with van der Waals surface area (Å²) in [5, 5.41) is 12.6. The van der Waals surface area contributed by atoms with Gasteiger partial charge in [0.2, 0.25) is 10.0 Å². The lowest BCUT2D eigenvalue weighted by atomic mass is 9.87. The first-order valence-corrected chi connectivity index (χ1v) is 11.9. The number of carbonyl (C=O) groups excluding carboxylic acids is 1. The van der Waals surface area contributed by atoms with Gasteiger partial charge in [0.05, 0.1) is 23.0 Å². The van der Waals surface area contributed by atoms with E-state index in [4.69, 9.17) is 5.10 Å². The summed E-state index contributed by atoms with van der Waals surface area (Å²) in [6.45, 7) is 1.87. The first kappa shape index (κ1) is 20.5. The van der Waals surface area contributed by atoms with E-state index in [9.17, 15) is 13.2 Å². The minimum Gasteiger partial charge on any atom is -0.300 e. The van der Waals surface area contributed by atoms with Crippen LogP contribution in [0.2, 0.25) is 0 Å². The summed E-state index contributed by atoms with van der Waals surface area (Å²) in [4.78, 5) is 21.0. The van der Waals surface area contributed by atoms with Gasteiger partial charge in [-0.3, -0.25) is 14.9 Å². The highest BCUT2D eigenvalue weighted by molar-refractivity contribution is 7.88. The number of aromatic nitrogens is 6. The van der Waals surface area contributed by atoms with E-state index in [1.807, 2.05) is 30.3 Å². The molecule has 11 heteroatoms. The van der Waals surface area contributed by atoms with Crippen molar-refractivity contribution in [1.29, 1.82) is 0 Å². The number of sulfonamides is 1. The highest BCUT2D eigenvalue weighted by Crippen LogP contribution is 2.36. The number of hydrogen-bond donors (Lipinski definition) is 1. The van der Waals surface area contributed by atoms with E-state index in [0.29, 0.717) is 5.82 Å². The number of fused-ring (bicyclic) bond motifs is 1. The maximum absolute atomic E-state index is 12.0. The van der Waals surface area contributed by atoms with Crippen molar-refractivity contribution in [3.63, 3.8) is 0 Å². The lowest BCUT2D eigenvalue weighted by Crippen LogP contribution is -2.64. The largest absolute Gasteiger partial charge is 0.300 e.